The molecule has 106 valence electrons. The fraction of sp³-hybridized carbons (Fsp3) is 0.538. The Hall–Kier alpha value is -0.310. The zero-order chi connectivity index (χ0) is 13.9. The van der Waals surface area contributed by atoms with Gasteiger partial charge in [-0.1, -0.05) is 12.1 Å². The summed E-state index contributed by atoms with van der Waals surface area (Å²) in [6, 6.07) is 6.06. The molecule has 1 atom stereocenters. The third-order valence-corrected chi connectivity index (χ3v) is 3.96. The quantitative estimate of drug-likeness (QED) is 0.781. The van der Waals surface area contributed by atoms with Gasteiger partial charge in [0.25, 0.3) is 5.92 Å². The van der Waals surface area contributed by atoms with Crippen LogP contribution in [0.1, 0.15) is 11.6 Å². The predicted molar refractivity (Wildman–Crippen MR) is 78.4 cm³/mol. The van der Waals surface area contributed by atoms with Crippen LogP contribution in [0.5, 0.6) is 0 Å². The van der Waals surface area contributed by atoms with Gasteiger partial charge >= 0.3 is 0 Å². The van der Waals surface area contributed by atoms with Gasteiger partial charge in [-0.15, -0.1) is 0 Å². The van der Waals surface area contributed by atoms with Crippen LogP contribution in [0.15, 0.2) is 24.3 Å². The first-order valence-corrected chi connectivity index (χ1v) is 7.31. The summed E-state index contributed by atoms with van der Waals surface area (Å²) in [5, 5.41) is 12.2. The molecule has 1 fully saturated rings. The standard InChI is InChI=1S/C13H17F2IN2O/c14-13(15,9-19)12(18-6-4-17-5-7-18)10-2-1-3-11(16)8-10/h1-3,8,12,17,19H,4-7,9H2/t12-/m1/s1. The smallest absolute Gasteiger partial charge is 0.289 e. The number of hydrogen-bond acceptors (Lipinski definition) is 3. The average molecular weight is 382 g/mol. The first-order chi connectivity index (χ1) is 9.04. The van der Waals surface area contributed by atoms with Crippen molar-refractivity contribution in [1.82, 2.24) is 10.2 Å². The molecule has 0 aliphatic carbocycles. The van der Waals surface area contributed by atoms with Gasteiger partial charge in [0.2, 0.25) is 0 Å². The number of alkyl halides is 2. The van der Waals surface area contributed by atoms with E-state index in [4.69, 9.17) is 5.11 Å². The summed E-state index contributed by atoms with van der Waals surface area (Å²) in [6.07, 6.45) is 0. The molecule has 1 aromatic rings. The van der Waals surface area contributed by atoms with Crippen LogP contribution >= 0.6 is 22.6 Å². The van der Waals surface area contributed by atoms with Gasteiger partial charge in [-0.05, 0) is 40.3 Å². The van der Waals surface area contributed by atoms with Crippen molar-refractivity contribution in [2.75, 3.05) is 32.8 Å². The van der Waals surface area contributed by atoms with Crippen molar-refractivity contribution >= 4 is 22.6 Å². The molecule has 0 spiro atoms. The summed E-state index contributed by atoms with van der Waals surface area (Å²) in [7, 11) is 0. The molecule has 0 unspecified atom stereocenters. The van der Waals surface area contributed by atoms with Crippen LogP contribution in [0.2, 0.25) is 0 Å². The predicted octanol–water partition coefficient (Wildman–Crippen LogP) is 1.87. The van der Waals surface area contributed by atoms with E-state index >= 15 is 0 Å². The van der Waals surface area contributed by atoms with Crippen molar-refractivity contribution in [1.29, 1.82) is 0 Å². The van der Waals surface area contributed by atoms with Crippen molar-refractivity contribution in [3.8, 4) is 0 Å². The number of benzene rings is 1. The van der Waals surface area contributed by atoms with E-state index < -0.39 is 18.6 Å². The van der Waals surface area contributed by atoms with Crippen molar-refractivity contribution in [3.05, 3.63) is 33.4 Å². The molecule has 0 bridgehead atoms. The Labute approximate surface area is 125 Å². The fourth-order valence-electron chi connectivity index (χ4n) is 2.43. The summed E-state index contributed by atoms with van der Waals surface area (Å²) < 4.78 is 29.1. The highest BCUT2D eigenvalue weighted by molar-refractivity contribution is 14.1. The first kappa shape index (κ1) is 15.1. The topological polar surface area (TPSA) is 35.5 Å². The van der Waals surface area contributed by atoms with Crippen LogP contribution in [0.25, 0.3) is 0 Å². The SMILES string of the molecule is OCC(F)(F)[C@@H](c1cccc(I)c1)N1CCNCC1. The van der Waals surface area contributed by atoms with Crippen molar-refractivity contribution < 1.29 is 13.9 Å². The van der Waals surface area contributed by atoms with E-state index in [9.17, 15) is 8.78 Å². The second kappa shape index (κ2) is 6.43. The Balaban J connectivity index is 2.33. The molecule has 3 nitrogen and oxygen atoms in total. The molecule has 1 aliphatic rings. The molecule has 1 aliphatic heterocycles. The Morgan fingerprint density at radius 2 is 2.05 bits per heavy atom. The lowest BCUT2D eigenvalue weighted by Crippen LogP contribution is -2.51. The zero-order valence-corrected chi connectivity index (χ0v) is 12.6. The third-order valence-electron chi connectivity index (χ3n) is 3.29. The lowest BCUT2D eigenvalue weighted by Gasteiger charge is -2.38. The van der Waals surface area contributed by atoms with Crippen molar-refractivity contribution in [2.24, 2.45) is 0 Å². The first-order valence-electron chi connectivity index (χ1n) is 6.23. The molecular formula is C13H17F2IN2O. The van der Waals surface area contributed by atoms with Gasteiger partial charge < -0.3 is 10.4 Å². The molecule has 0 amide bonds. The Kier molecular flexibility index (Phi) is 5.10. The van der Waals surface area contributed by atoms with Crippen LogP contribution in [0.3, 0.4) is 0 Å². The second-order valence-electron chi connectivity index (χ2n) is 4.66. The summed E-state index contributed by atoms with van der Waals surface area (Å²) in [5.41, 5.74) is 0.563. The van der Waals surface area contributed by atoms with Gasteiger partial charge in [0.15, 0.2) is 0 Å². The van der Waals surface area contributed by atoms with Crippen LogP contribution in [0, 0.1) is 3.57 Å². The monoisotopic (exact) mass is 382 g/mol. The van der Waals surface area contributed by atoms with Gasteiger partial charge in [-0.2, -0.15) is 0 Å². The molecule has 0 aromatic heterocycles. The van der Waals surface area contributed by atoms with Crippen molar-refractivity contribution in [2.45, 2.75) is 12.0 Å². The summed E-state index contributed by atoms with van der Waals surface area (Å²) >= 11 is 2.11. The molecule has 2 N–H and O–H groups in total. The number of rotatable bonds is 4. The maximum Gasteiger partial charge on any atom is 0.289 e. The Bertz CT molecular complexity index is 425. The van der Waals surface area contributed by atoms with Gasteiger partial charge in [-0.25, -0.2) is 8.78 Å². The van der Waals surface area contributed by atoms with E-state index in [0.29, 0.717) is 31.7 Å². The van der Waals surface area contributed by atoms with E-state index in [1.807, 2.05) is 6.07 Å². The van der Waals surface area contributed by atoms with Crippen molar-refractivity contribution in [3.63, 3.8) is 0 Å². The van der Waals surface area contributed by atoms with E-state index in [1.54, 1.807) is 23.1 Å². The largest absolute Gasteiger partial charge is 0.390 e. The van der Waals surface area contributed by atoms with E-state index in [1.165, 1.54) is 0 Å². The molecule has 2 rings (SSSR count). The minimum Gasteiger partial charge on any atom is -0.390 e. The molecule has 1 heterocycles. The number of hydrogen-bond donors (Lipinski definition) is 2. The number of aliphatic hydroxyl groups is 1. The fourth-order valence-corrected chi connectivity index (χ4v) is 2.99. The van der Waals surface area contributed by atoms with Gasteiger partial charge in [-0.3, -0.25) is 4.90 Å². The molecule has 0 saturated carbocycles. The van der Waals surface area contributed by atoms with Crippen LogP contribution < -0.4 is 5.32 Å². The molecule has 19 heavy (non-hydrogen) atoms. The van der Waals surface area contributed by atoms with E-state index in [2.05, 4.69) is 27.9 Å². The number of nitrogens with one attached hydrogen (secondary N) is 1. The van der Waals surface area contributed by atoms with Gasteiger partial charge in [0.1, 0.15) is 12.6 Å². The maximum absolute atomic E-state index is 14.1. The van der Waals surface area contributed by atoms with Crippen LogP contribution in [0.4, 0.5) is 8.78 Å². The lowest BCUT2D eigenvalue weighted by atomic mass is 9.98. The summed E-state index contributed by atoms with van der Waals surface area (Å²) in [6.45, 7) is 1.38. The highest BCUT2D eigenvalue weighted by Gasteiger charge is 2.43. The van der Waals surface area contributed by atoms with E-state index in [-0.39, 0.29) is 0 Å². The number of aliphatic hydroxyl groups excluding tert-OH is 1. The second-order valence-corrected chi connectivity index (χ2v) is 5.91. The highest BCUT2D eigenvalue weighted by Crippen LogP contribution is 2.36. The minimum atomic E-state index is -3.14. The lowest BCUT2D eigenvalue weighted by molar-refractivity contribution is -0.118. The minimum absolute atomic E-state index is 0.561. The Morgan fingerprint density at radius 1 is 1.37 bits per heavy atom. The number of halogens is 3. The molecule has 0 radical (unpaired) electrons. The van der Waals surface area contributed by atoms with Gasteiger partial charge in [0.05, 0.1) is 0 Å². The Morgan fingerprint density at radius 3 is 2.63 bits per heavy atom. The highest BCUT2D eigenvalue weighted by atomic mass is 127. The average Bonchev–Trinajstić information content (AvgIpc) is 2.40. The molecule has 1 saturated heterocycles. The van der Waals surface area contributed by atoms with Gasteiger partial charge in [0, 0.05) is 29.7 Å². The zero-order valence-electron chi connectivity index (χ0n) is 10.5. The molecular weight excluding hydrogens is 365 g/mol. The maximum atomic E-state index is 14.1. The normalized spacial score (nSPS) is 19.4. The molecule has 6 heteroatoms. The molecule has 1 aromatic carbocycles. The number of nitrogens with zero attached hydrogens (tertiary/aromatic N) is 1. The number of piperazine rings is 1. The summed E-state index contributed by atoms with van der Waals surface area (Å²) in [4.78, 5) is 1.75. The van der Waals surface area contributed by atoms with Crippen LogP contribution in [-0.4, -0.2) is 48.7 Å². The van der Waals surface area contributed by atoms with E-state index in [0.717, 1.165) is 3.57 Å². The third kappa shape index (κ3) is 3.62. The summed E-state index contributed by atoms with van der Waals surface area (Å²) in [5.74, 6) is -3.14. The van der Waals surface area contributed by atoms with Crippen LogP contribution in [-0.2, 0) is 0 Å².